The quantitative estimate of drug-likeness (QED) is 0.412. The molecule has 3 aromatic rings. The van der Waals surface area contributed by atoms with E-state index in [0.717, 1.165) is 4.57 Å². The molecule has 0 aliphatic carbocycles. The standard InChI is InChI=1S/C23H23N3O7S/c1-32-21(27)15-24-14-20-18-4-2-3-5-19(18)22(28)26(23(20)29)16-6-8-17(9-7-16)34(30,31)25-10-12-33-13-11-25/h2-9,14,29H,10-13,15H2,1H3. The summed E-state index contributed by atoms with van der Waals surface area (Å²) in [5.74, 6) is -0.938. The highest BCUT2D eigenvalue weighted by molar-refractivity contribution is 7.89. The monoisotopic (exact) mass is 485 g/mol. The van der Waals surface area contributed by atoms with Crippen molar-refractivity contribution in [3.05, 3.63) is 64.4 Å². The highest BCUT2D eigenvalue weighted by Crippen LogP contribution is 2.27. The van der Waals surface area contributed by atoms with Crippen LogP contribution < -0.4 is 5.56 Å². The molecule has 1 aliphatic heterocycles. The molecule has 1 aliphatic rings. The van der Waals surface area contributed by atoms with E-state index >= 15 is 0 Å². The average molecular weight is 486 g/mol. The van der Waals surface area contributed by atoms with E-state index in [1.165, 1.54) is 41.9 Å². The number of morpholine rings is 1. The Kier molecular flexibility index (Phi) is 6.77. The van der Waals surface area contributed by atoms with Crippen LogP contribution in [0, 0.1) is 0 Å². The SMILES string of the molecule is COC(=O)CN=Cc1c(O)n(-c2ccc(S(=O)(=O)N3CCOCC3)cc2)c(=O)c2ccccc12. The number of carbonyl (C=O) groups is 1. The summed E-state index contributed by atoms with van der Waals surface area (Å²) in [6, 6.07) is 12.4. The first-order valence-electron chi connectivity index (χ1n) is 10.5. The van der Waals surface area contributed by atoms with Crippen molar-refractivity contribution in [1.29, 1.82) is 0 Å². The number of hydrogen-bond acceptors (Lipinski definition) is 8. The van der Waals surface area contributed by atoms with E-state index in [0.29, 0.717) is 24.0 Å². The van der Waals surface area contributed by atoms with Gasteiger partial charge in [-0.1, -0.05) is 18.2 Å². The minimum atomic E-state index is -3.71. The Morgan fingerprint density at radius 1 is 1.12 bits per heavy atom. The second kappa shape index (κ2) is 9.75. The minimum absolute atomic E-state index is 0.0753. The highest BCUT2D eigenvalue weighted by atomic mass is 32.2. The number of nitrogens with zero attached hydrogens (tertiary/aromatic N) is 3. The Balaban J connectivity index is 1.78. The zero-order valence-corrected chi connectivity index (χ0v) is 19.2. The van der Waals surface area contributed by atoms with Gasteiger partial charge in [-0.05, 0) is 30.3 Å². The fourth-order valence-corrected chi connectivity index (χ4v) is 5.12. The van der Waals surface area contributed by atoms with Crippen molar-refractivity contribution in [1.82, 2.24) is 8.87 Å². The minimum Gasteiger partial charge on any atom is -0.494 e. The van der Waals surface area contributed by atoms with Crippen molar-refractivity contribution in [3.63, 3.8) is 0 Å². The fraction of sp³-hybridized carbons (Fsp3) is 0.261. The first kappa shape index (κ1) is 23.6. The zero-order valence-electron chi connectivity index (χ0n) is 18.4. The molecule has 11 heteroatoms. The number of aromatic hydroxyl groups is 1. The van der Waals surface area contributed by atoms with Crippen LogP contribution in [0.3, 0.4) is 0 Å². The van der Waals surface area contributed by atoms with Gasteiger partial charge >= 0.3 is 5.97 Å². The largest absolute Gasteiger partial charge is 0.494 e. The Morgan fingerprint density at radius 3 is 2.41 bits per heavy atom. The number of ether oxygens (including phenoxy) is 2. The Hall–Kier alpha value is -3.54. The summed E-state index contributed by atoms with van der Waals surface area (Å²) in [4.78, 5) is 28.7. The van der Waals surface area contributed by atoms with Gasteiger partial charge in [0.1, 0.15) is 6.54 Å². The van der Waals surface area contributed by atoms with Crippen molar-refractivity contribution >= 4 is 33.0 Å². The van der Waals surface area contributed by atoms with E-state index in [2.05, 4.69) is 9.73 Å². The second-order valence-corrected chi connectivity index (χ2v) is 9.42. The van der Waals surface area contributed by atoms with Gasteiger partial charge in [0.2, 0.25) is 15.9 Å². The van der Waals surface area contributed by atoms with Gasteiger partial charge in [0.25, 0.3) is 5.56 Å². The molecule has 10 nitrogen and oxygen atoms in total. The smallest absolute Gasteiger partial charge is 0.327 e. The van der Waals surface area contributed by atoms with Crippen molar-refractivity contribution in [3.8, 4) is 11.6 Å². The van der Waals surface area contributed by atoms with E-state index in [-0.39, 0.29) is 41.7 Å². The number of aliphatic imine (C=N–C) groups is 1. The van der Waals surface area contributed by atoms with Gasteiger partial charge in [0.15, 0.2) is 0 Å². The van der Waals surface area contributed by atoms with Gasteiger partial charge in [-0.3, -0.25) is 14.6 Å². The van der Waals surface area contributed by atoms with Crippen molar-refractivity contribution in [2.75, 3.05) is 40.0 Å². The molecule has 1 saturated heterocycles. The third kappa shape index (κ3) is 4.45. The summed E-state index contributed by atoms with van der Waals surface area (Å²) >= 11 is 0. The van der Waals surface area contributed by atoms with Crippen LogP contribution in [0.1, 0.15) is 5.56 Å². The molecule has 0 amide bonds. The predicted molar refractivity (Wildman–Crippen MR) is 125 cm³/mol. The van der Waals surface area contributed by atoms with Gasteiger partial charge in [0.05, 0.1) is 36.5 Å². The molecule has 178 valence electrons. The van der Waals surface area contributed by atoms with E-state index in [1.54, 1.807) is 24.3 Å². The normalized spacial score (nSPS) is 15.1. The Morgan fingerprint density at radius 2 is 1.76 bits per heavy atom. The molecule has 0 bridgehead atoms. The van der Waals surface area contributed by atoms with Crippen LogP contribution in [-0.4, -0.2) is 74.5 Å². The van der Waals surface area contributed by atoms with Gasteiger partial charge in [-0.25, -0.2) is 13.0 Å². The molecule has 0 radical (unpaired) electrons. The number of methoxy groups -OCH3 is 1. The molecule has 34 heavy (non-hydrogen) atoms. The third-order valence-corrected chi connectivity index (χ3v) is 7.39. The second-order valence-electron chi connectivity index (χ2n) is 7.48. The van der Waals surface area contributed by atoms with Crippen LogP contribution >= 0.6 is 0 Å². The molecule has 4 rings (SSSR count). The average Bonchev–Trinajstić information content (AvgIpc) is 2.87. The number of benzene rings is 2. The maximum Gasteiger partial charge on any atom is 0.327 e. The maximum absolute atomic E-state index is 13.2. The van der Waals surface area contributed by atoms with Crippen LogP contribution in [0.5, 0.6) is 5.88 Å². The number of carbonyl (C=O) groups excluding carboxylic acids is 1. The van der Waals surface area contributed by atoms with Crippen LogP contribution in [-0.2, 0) is 24.3 Å². The number of aromatic nitrogens is 1. The van der Waals surface area contributed by atoms with Crippen LogP contribution in [0.4, 0.5) is 0 Å². The van der Waals surface area contributed by atoms with E-state index in [4.69, 9.17) is 4.74 Å². The summed E-state index contributed by atoms with van der Waals surface area (Å²) in [5.41, 5.74) is 0.0305. The molecule has 0 spiro atoms. The lowest BCUT2D eigenvalue weighted by atomic mass is 10.1. The summed E-state index contributed by atoms with van der Waals surface area (Å²) in [6.07, 6.45) is 1.31. The van der Waals surface area contributed by atoms with Gasteiger partial charge < -0.3 is 14.6 Å². The van der Waals surface area contributed by atoms with E-state index < -0.39 is 21.6 Å². The maximum atomic E-state index is 13.2. The molecule has 2 aromatic carbocycles. The topological polar surface area (TPSA) is 128 Å². The number of esters is 1. The van der Waals surface area contributed by atoms with Gasteiger partial charge in [-0.15, -0.1) is 0 Å². The predicted octanol–water partition coefficient (Wildman–Crippen LogP) is 1.31. The lowest BCUT2D eigenvalue weighted by molar-refractivity contribution is -0.138. The molecule has 0 atom stereocenters. The van der Waals surface area contributed by atoms with Crippen LogP contribution in [0.25, 0.3) is 16.5 Å². The van der Waals surface area contributed by atoms with Crippen molar-refractivity contribution in [2.24, 2.45) is 4.99 Å². The van der Waals surface area contributed by atoms with Crippen molar-refractivity contribution in [2.45, 2.75) is 4.90 Å². The van der Waals surface area contributed by atoms with E-state index in [9.17, 15) is 23.1 Å². The highest BCUT2D eigenvalue weighted by Gasteiger charge is 2.26. The van der Waals surface area contributed by atoms with Crippen LogP contribution in [0.2, 0.25) is 0 Å². The number of rotatable bonds is 6. The van der Waals surface area contributed by atoms with Gasteiger partial charge in [0, 0.05) is 30.1 Å². The van der Waals surface area contributed by atoms with Crippen LogP contribution in [0.15, 0.2) is 63.2 Å². The Bertz CT molecular complexity index is 1410. The fourth-order valence-electron chi connectivity index (χ4n) is 3.71. The van der Waals surface area contributed by atoms with Crippen molar-refractivity contribution < 1.29 is 27.8 Å². The number of hydrogen-bond donors (Lipinski definition) is 1. The first-order valence-corrected chi connectivity index (χ1v) is 11.9. The van der Waals surface area contributed by atoms with Gasteiger partial charge in [-0.2, -0.15) is 4.31 Å². The lowest BCUT2D eigenvalue weighted by Gasteiger charge is -2.26. The molecule has 0 saturated carbocycles. The molecule has 1 aromatic heterocycles. The summed E-state index contributed by atoms with van der Waals surface area (Å²) in [6.45, 7) is 0.944. The first-order chi connectivity index (χ1) is 16.3. The number of pyridine rings is 1. The zero-order chi connectivity index (χ0) is 24.3. The number of sulfonamides is 1. The summed E-state index contributed by atoms with van der Waals surface area (Å²) in [7, 11) is -2.46. The molecule has 1 fully saturated rings. The number of fused-ring (bicyclic) bond motifs is 1. The summed E-state index contributed by atoms with van der Waals surface area (Å²) < 4.78 is 38.0. The summed E-state index contributed by atoms with van der Waals surface area (Å²) in [5, 5.41) is 11.8. The van der Waals surface area contributed by atoms with E-state index in [1.807, 2.05) is 0 Å². The Labute approximate surface area is 195 Å². The molecule has 1 N–H and O–H groups in total. The lowest BCUT2D eigenvalue weighted by Crippen LogP contribution is -2.40. The molecule has 0 unspecified atom stereocenters. The third-order valence-electron chi connectivity index (χ3n) is 5.47. The molecular weight excluding hydrogens is 462 g/mol. The molecular formula is C23H23N3O7S. The molecule has 2 heterocycles.